The lowest BCUT2D eigenvalue weighted by atomic mass is 10.2. The van der Waals surface area contributed by atoms with E-state index in [1.807, 2.05) is 5.92 Å². The summed E-state index contributed by atoms with van der Waals surface area (Å²) in [5, 5.41) is 18.6. The Balaban J connectivity index is 3.02. The van der Waals surface area contributed by atoms with Gasteiger partial charge in [0.05, 0.1) is 4.92 Å². The van der Waals surface area contributed by atoms with Crippen molar-refractivity contribution in [3.8, 4) is 11.8 Å². The summed E-state index contributed by atoms with van der Waals surface area (Å²) in [6, 6.07) is 5.48. The van der Waals surface area contributed by atoms with Crippen molar-refractivity contribution in [2.24, 2.45) is 0 Å². The lowest BCUT2D eigenvalue weighted by Crippen LogP contribution is -1.89. The van der Waals surface area contributed by atoms with Crippen molar-refractivity contribution in [2.45, 2.75) is 0 Å². The highest BCUT2D eigenvalue weighted by atomic mass is 16.6. The minimum Gasteiger partial charge on any atom is -0.472 e. The van der Waals surface area contributed by atoms with E-state index >= 15 is 0 Å². The van der Waals surface area contributed by atoms with Gasteiger partial charge < -0.3 is 5.11 Å². The minimum atomic E-state index is -1.27. The van der Waals surface area contributed by atoms with E-state index in [0.717, 1.165) is 0 Å². The molecule has 1 aromatic rings. The van der Waals surface area contributed by atoms with Crippen LogP contribution in [0.4, 0.5) is 5.69 Å². The summed E-state index contributed by atoms with van der Waals surface area (Å²) >= 11 is 0. The van der Waals surface area contributed by atoms with E-state index in [1.165, 1.54) is 24.3 Å². The molecule has 1 N–H and O–H groups in total. The SMILES string of the molecule is O=C(O)C#Cc1cccc([N+](=O)[O-])c1. The number of carbonyl (C=O) groups is 1. The normalized spacial score (nSPS) is 8.57. The number of non-ortho nitro benzene ring substituents is 1. The molecule has 0 heterocycles. The molecular formula is C9H5NO4. The number of nitro benzene ring substituents is 1. The molecule has 1 aromatic carbocycles. The Morgan fingerprint density at radius 2 is 2.21 bits per heavy atom. The third kappa shape index (κ3) is 2.60. The Hall–Kier alpha value is -2.35. The van der Waals surface area contributed by atoms with E-state index < -0.39 is 10.9 Å². The summed E-state index contributed by atoms with van der Waals surface area (Å²) < 4.78 is 0. The van der Waals surface area contributed by atoms with Gasteiger partial charge in [0.1, 0.15) is 0 Å². The van der Waals surface area contributed by atoms with Crippen LogP contribution in [0, 0.1) is 22.0 Å². The van der Waals surface area contributed by atoms with Crippen LogP contribution in [0.25, 0.3) is 0 Å². The summed E-state index contributed by atoms with van der Waals surface area (Å²) in [6.45, 7) is 0. The first-order valence-electron chi connectivity index (χ1n) is 3.59. The molecule has 5 heteroatoms. The van der Waals surface area contributed by atoms with E-state index in [1.54, 1.807) is 0 Å². The molecule has 0 aliphatic rings. The van der Waals surface area contributed by atoms with Gasteiger partial charge in [0, 0.05) is 23.6 Å². The molecule has 5 nitrogen and oxygen atoms in total. The summed E-state index contributed by atoms with van der Waals surface area (Å²) in [5.74, 6) is 2.89. The quantitative estimate of drug-likeness (QED) is 0.408. The van der Waals surface area contributed by atoms with Crippen LogP contribution in [0.15, 0.2) is 24.3 Å². The molecule has 0 radical (unpaired) electrons. The summed E-state index contributed by atoms with van der Waals surface area (Å²) in [7, 11) is 0. The summed E-state index contributed by atoms with van der Waals surface area (Å²) in [5.41, 5.74) is 0.198. The van der Waals surface area contributed by atoms with Gasteiger partial charge in [-0.3, -0.25) is 10.1 Å². The number of benzene rings is 1. The zero-order chi connectivity index (χ0) is 10.6. The van der Waals surface area contributed by atoms with E-state index in [-0.39, 0.29) is 5.69 Å². The maximum atomic E-state index is 10.3. The fourth-order valence-corrected chi connectivity index (χ4v) is 0.823. The molecule has 0 unspecified atom stereocenters. The second-order valence-corrected chi connectivity index (χ2v) is 2.36. The van der Waals surface area contributed by atoms with Gasteiger partial charge in [0.25, 0.3) is 5.69 Å². The molecule has 0 aliphatic carbocycles. The lowest BCUT2D eigenvalue weighted by Gasteiger charge is -1.90. The van der Waals surface area contributed by atoms with Crippen LogP contribution in [-0.2, 0) is 4.79 Å². The highest BCUT2D eigenvalue weighted by Gasteiger charge is 2.03. The van der Waals surface area contributed by atoms with Crippen LogP contribution in [0.3, 0.4) is 0 Å². The third-order valence-electron chi connectivity index (χ3n) is 1.37. The third-order valence-corrected chi connectivity index (χ3v) is 1.37. The largest absolute Gasteiger partial charge is 0.472 e. The van der Waals surface area contributed by atoms with Gasteiger partial charge in [-0.1, -0.05) is 12.0 Å². The van der Waals surface area contributed by atoms with Crippen LogP contribution in [0.5, 0.6) is 0 Å². The number of aliphatic carboxylic acids is 1. The van der Waals surface area contributed by atoms with Gasteiger partial charge >= 0.3 is 5.97 Å². The van der Waals surface area contributed by atoms with E-state index in [4.69, 9.17) is 5.11 Å². The maximum Gasteiger partial charge on any atom is 0.382 e. The lowest BCUT2D eigenvalue weighted by molar-refractivity contribution is -0.384. The molecule has 0 spiro atoms. The topological polar surface area (TPSA) is 80.4 Å². The predicted octanol–water partition coefficient (Wildman–Crippen LogP) is 1.03. The summed E-state index contributed by atoms with van der Waals surface area (Å²) in [6.07, 6.45) is 0. The number of rotatable bonds is 1. The van der Waals surface area contributed by atoms with Crippen LogP contribution in [-0.4, -0.2) is 16.0 Å². The highest BCUT2D eigenvalue weighted by molar-refractivity contribution is 5.87. The van der Waals surface area contributed by atoms with Gasteiger partial charge in [-0.25, -0.2) is 4.79 Å². The molecule has 0 aromatic heterocycles. The first-order chi connectivity index (χ1) is 6.59. The van der Waals surface area contributed by atoms with Crippen molar-refractivity contribution in [1.82, 2.24) is 0 Å². The molecule has 1 rings (SSSR count). The summed E-state index contributed by atoms with van der Waals surface area (Å²) in [4.78, 5) is 19.9. The van der Waals surface area contributed by atoms with Gasteiger partial charge in [-0.2, -0.15) is 0 Å². The fourth-order valence-electron chi connectivity index (χ4n) is 0.823. The van der Waals surface area contributed by atoms with Crippen molar-refractivity contribution in [3.05, 3.63) is 39.9 Å². The zero-order valence-electron chi connectivity index (χ0n) is 6.93. The fraction of sp³-hybridized carbons (Fsp3) is 0. The Bertz CT molecular complexity index is 442. The molecule has 0 saturated carbocycles. The first-order valence-corrected chi connectivity index (χ1v) is 3.59. The predicted molar refractivity (Wildman–Crippen MR) is 47.6 cm³/mol. The molecular weight excluding hydrogens is 186 g/mol. The number of carboxylic acid groups (broad SMARTS) is 1. The highest BCUT2D eigenvalue weighted by Crippen LogP contribution is 2.11. The minimum absolute atomic E-state index is 0.109. The molecule has 70 valence electrons. The first kappa shape index (κ1) is 9.74. The van der Waals surface area contributed by atoms with Gasteiger partial charge in [0.2, 0.25) is 0 Å². The number of hydrogen-bond acceptors (Lipinski definition) is 3. The standard InChI is InChI=1S/C9H5NO4/c11-9(12)5-4-7-2-1-3-8(6-7)10(13)14/h1-3,6H,(H,11,12). The molecule has 0 bridgehead atoms. The average molecular weight is 191 g/mol. The van der Waals surface area contributed by atoms with Crippen LogP contribution < -0.4 is 0 Å². The van der Waals surface area contributed by atoms with Gasteiger partial charge in [-0.15, -0.1) is 0 Å². The Morgan fingerprint density at radius 1 is 1.50 bits per heavy atom. The Morgan fingerprint density at radius 3 is 2.79 bits per heavy atom. The van der Waals surface area contributed by atoms with E-state index in [0.29, 0.717) is 5.56 Å². The molecule has 0 saturated heterocycles. The monoisotopic (exact) mass is 191 g/mol. The average Bonchev–Trinajstić information content (AvgIpc) is 2.15. The second-order valence-electron chi connectivity index (χ2n) is 2.36. The van der Waals surface area contributed by atoms with E-state index in [9.17, 15) is 14.9 Å². The second kappa shape index (κ2) is 4.05. The van der Waals surface area contributed by atoms with Crippen molar-refractivity contribution in [2.75, 3.05) is 0 Å². The number of hydrogen-bond donors (Lipinski definition) is 1. The molecule has 0 fully saturated rings. The van der Waals surface area contributed by atoms with Gasteiger partial charge in [0.15, 0.2) is 0 Å². The smallest absolute Gasteiger partial charge is 0.382 e. The van der Waals surface area contributed by atoms with Crippen molar-refractivity contribution < 1.29 is 14.8 Å². The molecule has 0 amide bonds. The molecule has 0 aliphatic heterocycles. The zero-order valence-corrected chi connectivity index (χ0v) is 6.93. The van der Waals surface area contributed by atoms with Crippen molar-refractivity contribution in [3.63, 3.8) is 0 Å². The van der Waals surface area contributed by atoms with E-state index in [2.05, 4.69) is 5.92 Å². The molecule has 0 atom stereocenters. The number of carboxylic acids is 1. The maximum absolute atomic E-state index is 10.3. The van der Waals surface area contributed by atoms with Crippen LogP contribution in [0.1, 0.15) is 5.56 Å². The van der Waals surface area contributed by atoms with Crippen molar-refractivity contribution in [1.29, 1.82) is 0 Å². The van der Waals surface area contributed by atoms with Gasteiger partial charge in [-0.05, 0) is 6.07 Å². The molecule has 14 heavy (non-hydrogen) atoms. The Kier molecular flexibility index (Phi) is 2.82. The van der Waals surface area contributed by atoms with Crippen LogP contribution in [0.2, 0.25) is 0 Å². The number of nitrogens with zero attached hydrogens (tertiary/aromatic N) is 1. The van der Waals surface area contributed by atoms with Crippen molar-refractivity contribution >= 4 is 11.7 Å². The van der Waals surface area contributed by atoms with Crippen LogP contribution >= 0.6 is 0 Å². The Labute approximate surface area is 79.1 Å². The number of nitro groups is 1.